The van der Waals surface area contributed by atoms with E-state index in [0.29, 0.717) is 6.54 Å². The van der Waals surface area contributed by atoms with Crippen LogP contribution in [0.4, 0.5) is 11.8 Å². The topological polar surface area (TPSA) is 81.9 Å². The van der Waals surface area contributed by atoms with E-state index in [4.69, 9.17) is 10.2 Å². The van der Waals surface area contributed by atoms with Gasteiger partial charge in [0.15, 0.2) is 5.82 Å². The molecule has 3 heterocycles. The molecule has 0 amide bonds. The molecule has 24 heavy (non-hydrogen) atoms. The van der Waals surface area contributed by atoms with Crippen molar-refractivity contribution in [3.05, 3.63) is 72.3 Å². The Morgan fingerprint density at radius 3 is 2.71 bits per heavy atom. The molecule has 4 rings (SSSR count). The normalized spacial score (nSPS) is 11.0. The van der Waals surface area contributed by atoms with E-state index in [0.717, 1.165) is 29.0 Å². The van der Waals surface area contributed by atoms with Crippen LogP contribution in [0.25, 0.3) is 11.0 Å². The average molecular weight is 319 g/mol. The van der Waals surface area contributed by atoms with Crippen LogP contribution in [-0.4, -0.2) is 14.5 Å². The van der Waals surface area contributed by atoms with Crippen LogP contribution in [0.3, 0.4) is 0 Å². The molecule has 0 aliphatic rings. The third-order valence-corrected chi connectivity index (χ3v) is 3.86. The summed E-state index contributed by atoms with van der Waals surface area (Å²) < 4.78 is 7.23. The molecule has 0 saturated heterocycles. The maximum Gasteiger partial charge on any atom is 0.222 e. The van der Waals surface area contributed by atoms with Crippen molar-refractivity contribution in [3.63, 3.8) is 0 Å². The predicted molar refractivity (Wildman–Crippen MR) is 93.5 cm³/mol. The molecule has 1 aromatic carbocycles. The molecule has 3 aromatic heterocycles. The Morgan fingerprint density at radius 1 is 1.04 bits per heavy atom. The van der Waals surface area contributed by atoms with Crippen molar-refractivity contribution in [3.8, 4) is 0 Å². The number of nitrogens with zero attached hydrogens (tertiary/aromatic N) is 3. The largest absolute Gasteiger partial charge is 0.472 e. The highest BCUT2D eigenvalue weighted by Crippen LogP contribution is 2.24. The summed E-state index contributed by atoms with van der Waals surface area (Å²) >= 11 is 0. The van der Waals surface area contributed by atoms with Crippen LogP contribution in [0.1, 0.15) is 11.1 Å². The number of hydrogen-bond acceptors (Lipinski definition) is 5. The lowest BCUT2D eigenvalue weighted by atomic mass is 10.2. The summed E-state index contributed by atoms with van der Waals surface area (Å²) in [6, 6.07) is 14.2. The van der Waals surface area contributed by atoms with Gasteiger partial charge in [0.2, 0.25) is 5.95 Å². The highest BCUT2D eigenvalue weighted by atomic mass is 16.3. The molecular formula is C18H17N5O. The number of aromatic nitrogens is 3. The van der Waals surface area contributed by atoms with E-state index < -0.39 is 0 Å². The third kappa shape index (κ3) is 2.81. The van der Waals surface area contributed by atoms with Crippen LogP contribution in [0, 0.1) is 0 Å². The van der Waals surface area contributed by atoms with E-state index >= 15 is 0 Å². The molecule has 3 N–H and O–H groups in total. The van der Waals surface area contributed by atoms with Gasteiger partial charge >= 0.3 is 0 Å². The number of anilines is 2. The number of fused-ring (bicyclic) bond motifs is 1. The summed E-state index contributed by atoms with van der Waals surface area (Å²) in [5.41, 5.74) is 9.87. The lowest BCUT2D eigenvalue weighted by molar-refractivity contribution is 0.564. The molecule has 0 aliphatic carbocycles. The molecule has 4 aromatic rings. The minimum atomic E-state index is 0.259. The van der Waals surface area contributed by atoms with Crippen molar-refractivity contribution in [1.82, 2.24) is 14.5 Å². The van der Waals surface area contributed by atoms with Crippen LogP contribution < -0.4 is 11.1 Å². The summed E-state index contributed by atoms with van der Waals surface area (Å²) in [5, 5.41) is 3.33. The monoisotopic (exact) mass is 319 g/mol. The van der Waals surface area contributed by atoms with E-state index in [2.05, 4.69) is 32.0 Å². The smallest absolute Gasteiger partial charge is 0.222 e. The van der Waals surface area contributed by atoms with Crippen molar-refractivity contribution >= 4 is 22.8 Å². The van der Waals surface area contributed by atoms with E-state index in [1.807, 2.05) is 36.5 Å². The zero-order chi connectivity index (χ0) is 16.4. The fourth-order valence-electron chi connectivity index (χ4n) is 2.74. The van der Waals surface area contributed by atoms with Gasteiger partial charge in [-0.15, -0.1) is 0 Å². The van der Waals surface area contributed by atoms with Crippen LogP contribution in [-0.2, 0) is 13.1 Å². The summed E-state index contributed by atoms with van der Waals surface area (Å²) in [6.45, 7) is 1.36. The Labute approximate surface area is 138 Å². The van der Waals surface area contributed by atoms with Gasteiger partial charge in [-0.1, -0.05) is 30.3 Å². The molecule has 6 heteroatoms. The Kier molecular flexibility index (Phi) is 3.63. The van der Waals surface area contributed by atoms with E-state index in [1.165, 1.54) is 5.56 Å². The molecule has 0 bridgehead atoms. The van der Waals surface area contributed by atoms with Gasteiger partial charge in [0.25, 0.3) is 0 Å². The summed E-state index contributed by atoms with van der Waals surface area (Å²) in [6.07, 6.45) is 5.37. The second-order valence-corrected chi connectivity index (χ2v) is 5.58. The van der Waals surface area contributed by atoms with Crippen molar-refractivity contribution in [2.45, 2.75) is 13.1 Å². The first-order valence-corrected chi connectivity index (χ1v) is 7.71. The fourth-order valence-corrected chi connectivity index (χ4v) is 2.74. The van der Waals surface area contributed by atoms with Crippen molar-refractivity contribution in [2.24, 2.45) is 0 Å². The lowest BCUT2D eigenvalue weighted by Crippen LogP contribution is -2.07. The number of rotatable bonds is 5. The number of benzene rings is 1. The maximum atomic E-state index is 5.85. The quantitative estimate of drug-likeness (QED) is 0.590. The second kappa shape index (κ2) is 6.08. The summed E-state index contributed by atoms with van der Waals surface area (Å²) in [4.78, 5) is 8.71. The van der Waals surface area contributed by atoms with Crippen LogP contribution in [0.2, 0.25) is 0 Å². The Bertz CT molecular complexity index is 944. The molecular weight excluding hydrogens is 302 g/mol. The molecule has 0 atom stereocenters. The maximum absolute atomic E-state index is 5.85. The molecule has 0 radical (unpaired) electrons. The predicted octanol–water partition coefficient (Wildman–Crippen LogP) is 3.27. The SMILES string of the molecule is Nc1nc(NCc2ccoc2)c2c(ccn2Cc2ccccc2)n1. The third-order valence-electron chi connectivity index (χ3n) is 3.86. The van der Waals surface area contributed by atoms with E-state index in [1.54, 1.807) is 12.5 Å². The summed E-state index contributed by atoms with van der Waals surface area (Å²) in [5.74, 6) is 0.981. The van der Waals surface area contributed by atoms with Crippen LogP contribution >= 0.6 is 0 Å². The summed E-state index contributed by atoms with van der Waals surface area (Å²) in [7, 11) is 0. The van der Waals surface area contributed by atoms with Crippen LogP contribution in [0.15, 0.2) is 65.6 Å². The minimum Gasteiger partial charge on any atom is -0.472 e. The number of hydrogen-bond donors (Lipinski definition) is 2. The first-order chi connectivity index (χ1) is 11.8. The van der Waals surface area contributed by atoms with Gasteiger partial charge in [-0.2, -0.15) is 4.98 Å². The van der Waals surface area contributed by atoms with Gasteiger partial charge < -0.3 is 20.0 Å². The average Bonchev–Trinajstić information content (AvgIpc) is 3.24. The molecule has 6 nitrogen and oxygen atoms in total. The highest BCUT2D eigenvalue weighted by molar-refractivity contribution is 5.87. The first kappa shape index (κ1) is 14.3. The zero-order valence-electron chi connectivity index (χ0n) is 13.0. The first-order valence-electron chi connectivity index (χ1n) is 7.71. The second-order valence-electron chi connectivity index (χ2n) is 5.58. The van der Waals surface area contributed by atoms with Gasteiger partial charge in [0.05, 0.1) is 18.0 Å². The fraction of sp³-hybridized carbons (Fsp3) is 0.111. The Balaban J connectivity index is 1.70. The Hall–Kier alpha value is -3.28. The van der Waals surface area contributed by atoms with Crippen molar-refractivity contribution in [1.29, 1.82) is 0 Å². The molecule has 0 saturated carbocycles. The standard InChI is InChI=1S/C18H17N5O/c19-18-21-15-6-8-23(11-13-4-2-1-3-5-13)16(15)17(22-18)20-10-14-7-9-24-12-14/h1-9,12H,10-11H2,(H3,19,20,21,22). The molecule has 0 fully saturated rings. The molecule has 0 unspecified atom stereocenters. The van der Waals surface area contributed by atoms with E-state index in [-0.39, 0.29) is 5.95 Å². The van der Waals surface area contributed by atoms with E-state index in [9.17, 15) is 0 Å². The van der Waals surface area contributed by atoms with Crippen LogP contribution in [0.5, 0.6) is 0 Å². The molecule has 120 valence electrons. The Morgan fingerprint density at radius 2 is 1.92 bits per heavy atom. The zero-order valence-corrected chi connectivity index (χ0v) is 13.0. The molecule has 0 aliphatic heterocycles. The van der Waals surface area contributed by atoms with Gasteiger partial charge in [-0.05, 0) is 17.7 Å². The minimum absolute atomic E-state index is 0.259. The van der Waals surface area contributed by atoms with Crippen molar-refractivity contribution in [2.75, 3.05) is 11.1 Å². The lowest BCUT2D eigenvalue weighted by Gasteiger charge is -2.11. The number of furan rings is 1. The molecule has 0 spiro atoms. The number of nitrogen functional groups attached to an aromatic ring is 1. The van der Waals surface area contributed by atoms with Gasteiger partial charge in [-0.3, -0.25) is 0 Å². The van der Waals surface area contributed by atoms with Gasteiger partial charge in [0, 0.05) is 24.8 Å². The van der Waals surface area contributed by atoms with Gasteiger partial charge in [0.1, 0.15) is 5.52 Å². The van der Waals surface area contributed by atoms with Crippen molar-refractivity contribution < 1.29 is 4.42 Å². The van der Waals surface area contributed by atoms with Gasteiger partial charge in [-0.25, -0.2) is 4.98 Å². The number of nitrogens with one attached hydrogen (secondary N) is 1. The number of nitrogens with two attached hydrogens (primary N) is 1. The highest BCUT2D eigenvalue weighted by Gasteiger charge is 2.12.